The van der Waals surface area contributed by atoms with E-state index in [-0.39, 0.29) is 40.9 Å². The zero-order valence-corrected chi connectivity index (χ0v) is 21.3. The fraction of sp³-hybridized carbons (Fsp3) is 0.474. The molecule has 2 heterocycles. The quantitative estimate of drug-likeness (QED) is 0.596. The van der Waals surface area contributed by atoms with Gasteiger partial charge in [-0.25, -0.2) is 13.8 Å². The minimum Gasteiger partial charge on any atom is -0.381 e. The summed E-state index contributed by atoms with van der Waals surface area (Å²) in [6.45, 7) is 2.38. The van der Waals surface area contributed by atoms with Gasteiger partial charge >= 0.3 is 22.4 Å². The van der Waals surface area contributed by atoms with E-state index in [2.05, 4.69) is 10.4 Å². The monoisotopic (exact) mass is 498 g/mol. The van der Waals surface area contributed by atoms with Crippen LogP contribution in [0.4, 0.5) is 29.3 Å². The van der Waals surface area contributed by atoms with Crippen LogP contribution in [0.5, 0.6) is 0 Å². The fourth-order valence-corrected chi connectivity index (χ4v) is 4.80. The normalized spacial score (nSPS) is 14.9. The number of carbonyl (C=O) groups excluding carboxylic acids is 1. The summed E-state index contributed by atoms with van der Waals surface area (Å²) in [4.78, 5) is 12.5. The molecular weight excluding hydrogens is 474 g/mol. The van der Waals surface area contributed by atoms with E-state index >= 15 is 0 Å². The van der Waals surface area contributed by atoms with Gasteiger partial charge in [-0.15, -0.1) is 0 Å². The molecule has 9 nitrogen and oxygen atoms in total. The molecule has 177 valence electrons. The van der Waals surface area contributed by atoms with Crippen molar-refractivity contribution in [2.45, 2.75) is 38.4 Å². The number of anilines is 2. The molecule has 14 heteroatoms. The average Bonchev–Trinajstić information content (AvgIpc) is 3.12. The maximum Gasteiger partial charge on any atom is 0.416 e. The van der Waals surface area contributed by atoms with Crippen LogP contribution in [0.2, 0.25) is 0 Å². The summed E-state index contributed by atoms with van der Waals surface area (Å²) in [5.74, 6) is 0. The van der Waals surface area contributed by atoms with Crippen LogP contribution in [0, 0.1) is 0 Å². The summed E-state index contributed by atoms with van der Waals surface area (Å²) in [6, 6.07) is 1.45. The first-order valence-corrected chi connectivity index (χ1v) is 11.3. The third-order valence-corrected chi connectivity index (χ3v) is 6.41. The molecule has 3 rings (SSSR count). The Morgan fingerprint density at radius 2 is 1.94 bits per heavy atom. The number of urea groups is 1. The summed E-state index contributed by atoms with van der Waals surface area (Å²) in [7, 11) is -2.77. The van der Waals surface area contributed by atoms with Crippen LogP contribution in [-0.4, -0.2) is 73.0 Å². The minimum atomic E-state index is -4.61. The van der Waals surface area contributed by atoms with Crippen molar-refractivity contribution in [3.05, 3.63) is 41.7 Å². The van der Waals surface area contributed by atoms with Crippen molar-refractivity contribution in [2.24, 2.45) is 7.05 Å². The molecule has 1 aromatic heterocycles. The fourth-order valence-electron chi connectivity index (χ4n) is 3.44. The SMILES string of the molecule is CCc1cc(NC(=O)NS(=O)(=O)N(c2cnn(C)c2)C2CCOCC2)cc(C(F)(F)F)c1.[Na]. The number of aromatic nitrogens is 2. The van der Waals surface area contributed by atoms with Gasteiger partial charge in [0.25, 0.3) is 0 Å². The number of amides is 2. The zero-order valence-electron chi connectivity index (χ0n) is 18.5. The standard InChI is InChI=1S/C19H24F3N5O4S.Na/c1-3-13-8-14(19(20,21)22)10-15(9-13)24-18(28)25-32(29,30)27(16-4-6-31-7-5-16)17-11-23-26(2)12-17;/h8-12,16H,3-7H2,1-2H3,(H2,24,25,28);. The van der Waals surface area contributed by atoms with Gasteiger partial charge in [-0.3, -0.25) is 4.68 Å². The zero-order chi connectivity index (χ0) is 23.5. The number of nitrogens with one attached hydrogen (secondary N) is 2. The molecule has 0 spiro atoms. The van der Waals surface area contributed by atoms with Crippen molar-refractivity contribution in [3.8, 4) is 0 Å². The number of carbonyl (C=O) groups is 1. The third kappa shape index (κ3) is 7.09. The maximum absolute atomic E-state index is 13.1. The number of alkyl halides is 3. The van der Waals surface area contributed by atoms with E-state index in [0.29, 0.717) is 38.0 Å². The van der Waals surface area contributed by atoms with Crippen molar-refractivity contribution in [1.82, 2.24) is 14.5 Å². The van der Waals surface area contributed by atoms with E-state index in [4.69, 9.17) is 4.74 Å². The van der Waals surface area contributed by atoms with Gasteiger partial charge in [-0.1, -0.05) is 6.92 Å². The summed E-state index contributed by atoms with van der Waals surface area (Å²) in [5.41, 5.74) is -0.498. The number of rotatable bonds is 6. The van der Waals surface area contributed by atoms with Gasteiger partial charge in [-0.05, 0) is 43.0 Å². The molecule has 0 bridgehead atoms. The Labute approximate surface area is 212 Å². The number of benzene rings is 1. The molecule has 2 aromatic rings. The van der Waals surface area contributed by atoms with Crippen LogP contribution >= 0.6 is 0 Å². The van der Waals surface area contributed by atoms with Crippen LogP contribution < -0.4 is 14.3 Å². The van der Waals surface area contributed by atoms with Crippen molar-refractivity contribution in [3.63, 3.8) is 0 Å². The van der Waals surface area contributed by atoms with E-state index < -0.39 is 34.0 Å². The minimum absolute atomic E-state index is 0. The van der Waals surface area contributed by atoms with Crippen LogP contribution in [0.25, 0.3) is 0 Å². The van der Waals surface area contributed by atoms with Gasteiger partial charge in [0.2, 0.25) is 0 Å². The molecule has 1 radical (unpaired) electrons. The second kappa shape index (κ2) is 11.1. The van der Waals surface area contributed by atoms with E-state index in [1.165, 1.54) is 23.1 Å². The Hall–Kier alpha value is -1.80. The topological polar surface area (TPSA) is 106 Å². The summed E-state index contributed by atoms with van der Waals surface area (Å²) in [5, 5.41) is 6.19. The van der Waals surface area contributed by atoms with E-state index in [1.54, 1.807) is 14.0 Å². The van der Waals surface area contributed by atoms with Crippen molar-refractivity contribution >= 4 is 57.2 Å². The second-order valence-corrected chi connectivity index (χ2v) is 8.89. The van der Waals surface area contributed by atoms with Gasteiger partial charge in [0, 0.05) is 61.7 Å². The molecule has 1 aliphatic rings. The Morgan fingerprint density at radius 3 is 2.48 bits per heavy atom. The molecule has 33 heavy (non-hydrogen) atoms. The molecule has 1 aromatic carbocycles. The first-order chi connectivity index (χ1) is 15.0. The van der Waals surface area contributed by atoms with Gasteiger partial charge < -0.3 is 10.1 Å². The molecule has 0 atom stereocenters. The Kier molecular flexibility index (Phi) is 9.22. The molecular formula is C19H24F3N5NaO4S. The molecule has 0 unspecified atom stereocenters. The van der Waals surface area contributed by atoms with Crippen LogP contribution in [0.3, 0.4) is 0 Å². The number of hydrogen-bond donors (Lipinski definition) is 2. The molecule has 2 N–H and O–H groups in total. The number of aryl methyl sites for hydroxylation is 2. The van der Waals surface area contributed by atoms with Gasteiger partial charge in [0.05, 0.1) is 23.5 Å². The smallest absolute Gasteiger partial charge is 0.381 e. The average molecular weight is 498 g/mol. The molecule has 1 aliphatic heterocycles. The predicted molar refractivity (Wildman–Crippen MR) is 117 cm³/mol. The molecule has 1 saturated heterocycles. The first-order valence-electron chi connectivity index (χ1n) is 9.90. The van der Waals surface area contributed by atoms with Crippen molar-refractivity contribution in [1.29, 1.82) is 0 Å². The van der Waals surface area contributed by atoms with Gasteiger partial charge in [-0.2, -0.15) is 26.7 Å². The number of nitrogens with zero attached hydrogens (tertiary/aromatic N) is 3. The van der Waals surface area contributed by atoms with Crippen LogP contribution in [0.15, 0.2) is 30.6 Å². The number of hydrogen-bond acceptors (Lipinski definition) is 5. The summed E-state index contributed by atoms with van der Waals surface area (Å²) in [6.07, 6.45) is -0.642. The molecule has 2 amide bonds. The van der Waals surface area contributed by atoms with Crippen LogP contribution in [-0.2, 0) is 34.6 Å². The van der Waals surface area contributed by atoms with Crippen molar-refractivity contribution < 1.29 is 31.1 Å². The number of halogens is 3. The predicted octanol–water partition coefficient (Wildman–Crippen LogP) is 2.67. The van der Waals surface area contributed by atoms with Gasteiger partial charge in [0.15, 0.2) is 0 Å². The Bertz CT molecular complexity index is 1070. The summed E-state index contributed by atoms with van der Waals surface area (Å²) >= 11 is 0. The Morgan fingerprint density at radius 1 is 1.27 bits per heavy atom. The molecule has 0 aliphatic carbocycles. The largest absolute Gasteiger partial charge is 0.416 e. The van der Waals surface area contributed by atoms with E-state index in [9.17, 15) is 26.4 Å². The summed E-state index contributed by atoms with van der Waals surface area (Å²) < 4.78 is 75.3. The Balaban J connectivity index is 0.00000385. The van der Waals surface area contributed by atoms with Crippen molar-refractivity contribution in [2.75, 3.05) is 22.8 Å². The number of ether oxygens (including phenoxy) is 1. The van der Waals surface area contributed by atoms with E-state index in [1.807, 2.05) is 4.72 Å². The maximum atomic E-state index is 13.1. The first kappa shape index (κ1) is 27.4. The van der Waals surface area contributed by atoms with E-state index in [0.717, 1.165) is 16.4 Å². The second-order valence-electron chi connectivity index (χ2n) is 7.34. The van der Waals surface area contributed by atoms with Crippen LogP contribution in [0.1, 0.15) is 30.9 Å². The molecule has 1 fully saturated rings. The third-order valence-electron chi connectivity index (χ3n) is 4.94. The molecule has 0 saturated carbocycles. The van der Waals surface area contributed by atoms with Gasteiger partial charge in [0.1, 0.15) is 0 Å².